The number of pyridine rings is 1. The van der Waals surface area contributed by atoms with Crippen molar-refractivity contribution < 1.29 is 13.6 Å². The summed E-state index contributed by atoms with van der Waals surface area (Å²) in [6, 6.07) is 3.11. The second kappa shape index (κ2) is 7.48. The molecule has 0 aliphatic rings. The molecule has 2 nitrogen and oxygen atoms in total. The van der Waals surface area contributed by atoms with E-state index in [-0.39, 0.29) is 5.56 Å². The van der Waals surface area contributed by atoms with Crippen LogP contribution in [0, 0.1) is 27.7 Å². The van der Waals surface area contributed by atoms with Crippen molar-refractivity contribution >= 4 is 12.4 Å². The first-order chi connectivity index (χ1) is 12.0. The van der Waals surface area contributed by atoms with Gasteiger partial charge in [-0.1, -0.05) is 11.6 Å². The van der Waals surface area contributed by atoms with Crippen LogP contribution >= 0.6 is 0 Å². The minimum atomic E-state index is -2.85. The Kier molecular flexibility index (Phi) is 5.74. The van der Waals surface area contributed by atoms with Gasteiger partial charge in [-0.15, -0.1) is 0 Å². The van der Waals surface area contributed by atoms with Crippen LogP contribution < -0.4 is 0 Å². The first kappa shape index (κ1) is 20.0. The van der Waals surface area contributed by atoms with Crippen LogP contribution in [0.4, 0.5) is 8.78 Å². The van der Waals surface area contributed by atoms with Gasteiger partial charge in [0.1, 0.15) is 0 Å². The van der Waals surface area contributed by atoms with Gasteiger partial charge < -0.3 is 0 Å². The molecule has 138 valence electrons. The molecule has 0 aliphatic heterocycles. The summed E-state index contributed by atoms with van der Waals surface area (Å²) >= 11 is 0. The van der Waals surface area contributed by atoms with Crippen LogP contribution in [0.3, 0.4) is 0 Å². The van der Waals surface area contributed by atoms with Crippen LogP contribution in [0.25, 0.3) is 6.08 Å². The summed E-state index contributed by atoms with van der Waals surface area (Å²) in [5.41, 5.74) is 7.22. The first-order valence-electron chi connectivity index (χ1n) is 8.61. The van der Waals surface area contributed by atoms with Crippen LogP contribution in [-0.4, -0.2) is 11.3 Å². The molecule has 0 atom stereocenters. The molecule has 0 fully saturated rings. The van der Waals surface area contributed by atoms with Gasteiger partial charge in [-0.3, -0.25) is 9.78 Å². The Morgan fingerprint density at radius 1 is 1.15 bits per heavy atom. The lowest BCUT2D eigenvalue weighted by molar-refractivity contribution is 0.0173. The molecule has 2 aromatic rings. The number of hydrogen-bond acceptors (Lipinski definition) is 2. The lowest BCUT2D eigenvalue weighted by Crippen LogP contribution is -2.08. The molecular weight excluding hydrogens is 332 g/mol. The van der Waals surface area contributed by atoms with Crippen molar-refractivity contribution in [3.8, 4) is 0 Å². The van der Waals surface area contributed by atoms with Crippen LogP contribution in [0.15, 0.2) is 23.9 Å². The Morgan fingerprint density at radius 2 is 1.73 bits per heavy atom. The molecule has 0 aliphatic carbocycles. The summed E-state index contributed by atoms with van der Waals surface area (Å²) in [7, 11) is 0. The average Bonchev–Trinajstić information content (AvgIpc) is 2.54. The van der Waals surface area contributed by atoms with Gasteiger partial charge in [-0.05, 0) is 81.0 Å². The van der Waals surface area contributed by atoms with E-state index in [9.17, 15) is 13.6 Å². The van der Waals surface area contributed by atoms with E-state index < -0.39 is 5.92 Å². The van der Waals surface area contributed by atoms with Gasteiger partial charge in [0, 0.05) is 29.9 Å². The molecule has 0 saturated carbocycles. The Bertz CT molecular complexity index is 853. The molecule has 0 unspecified atom stereocenters. The number of benzene rings is 1. The third-order valence-electron chi connectivity index (χ3n) is 4.79. The molecule has 2 rings (SSSR count). The summed E-state index contributed by atoms with van der Waals surface area (Å²) in [6.07, 6.45) is 5.12. The number of alkyl halides is 2. The molecule has 0 radical (unpaired) electrons. The molecule has 1 heterocycles. The number of aldehydes is 1. The number of rotatable bonds is 5. The highest BCUT2D eigenvalue weighted by molar-refractivity contribution is 5.77. The number of carbonyl (C=O) groups excluding carboxylic acids is 1. The third-order valence-corrected chi connectivity index (χ3v) is 4.79. The Labute approximate surface area is 154 Å². The van der Waals surface area contributed by atoms with Crippen molar-refractivity contribution in [2.24, 2.45) is 0 Å². The fourth-order valence-electron chi connectivity index (χ4n) is 3.20. The number of carbonyl (C=O) groups is 1. The fraction of sp³-hybridized carbons (Fsp3) is 0.364. The molecule has 4 heteroatoms. The van der Waals surface area contributed by atoms with E-state index in [2.05, 4.69) is 4.98 Å². The molecule has 1 aromatic heterocycles. The van der Waals surface area contributed by atoms with Crippen molar-refractivity contribution in [3.63, 3.8) is 0 Å². The highest BCUT2D eigenvalue weighted by Gasteiger charge is 2.25. The molecule has 0 bridgehead atoms. The maximum absolute atomic E-state index is 13.6. The van der Waals surface area contributed by atoms with E-state index in [1.807, 2.05) is 40.7 Å². The molecule has 0 spiro atoms. The lowest BCUT2D eigenvalue weighted by atomic mass is 9.93. The van der Waals surface area contributed by atoms with Crippen molar-refractivity contribution in [2.75, 3.05) is 0 Å². The van der Waals surface area contributed by atoms with Crippen LogP contribution in [0.2, 0.25) is 0 Å². The minimum absolute atomic E-state index is 0.0388. The second-order valence-corrected chi connectivity index (χ2v) is 7.10. The van der Waals surface area contributed by atoms with Gasteiger partial charge in [-0.2, -0.15) is 0 Å². The molecule has 0 amide bonds. The molecule has 0 saturated heterocycles. The summed E-state index contributed by atoms with van der Waals surface area (Å²) in [5, 5.41) is 0. The van der Waals surface area contributed by atoms with Crippen molar-refractivity contribution in [1.82, 2.24) is 4.98 Å². The summed E-state index contributed by atoms with van der Waals surface area (Å²) in [6.45, 7) is 10.5. The minimum Gasteiger partial charge on any atom is -0.298 e. The van der Waals surface area contributed by atoms with Gasteiger partial charge >= 0.3 is 0 Å². The second-order valence-electron chi connectivity index (χ2n) is 7.10. The zero-order chi connectivity index (χ0) is 19.6. The average molecular weight is 357 g/mol. The zero-order valence-corrected chi connectivity index (χ0v) is 16.2. The molecule has 26 heavy (non-hydrogen) atoms. The quantitative estimate of drug-likeness (QED) is 0.625. The van der Waals surface area contributed by atoms with Crippen molar-refractivity contribution in [2.45, 2.75) is 53.9 Å². The van der Waals surface area contributed by atoms with E-state index >= 15 is 0 Å². The smallest absolute Gasteiger partial charge is 0.270 e. The maximum Gasteiger partial charge on any atom is 0.270 e. The Morgan fingerprint density at radius 3 is 2.23 bits per heavy atom. The van der Waals surface area contributed by atoms with E-state index in [1.165, 1.54) is 0 Å². The van der Waals surface area contributed by atoms with Gasteiger partial charge in [0.05, 0.1) is 0 Å². The Balaban J connectivity index is 2.42. The first-order valence-corrected chi connectivity index (χ1v) is 8.61. The van der Waals surface area contributed by atoms with Gasteiger partial charge in [0.15, 0.2) is 6.29 Å². The number of aryl methyl sites for hydroxylation is 3. The zero-order valence-electron chi connectivity index (χ0n) is 16.2. The lowest BCUT2D eigenvalue weighted by Gasteiger charge is -2.16. The van der Waals surface area contributed by atoms with Crippen LogP contribution in [-0.2, 0) is 12.3 Å². The monoisotopic (exact) mass is 357 g/mol. The van der Waals surface area contributed by atoms with Crippen LogP contribution in [0.5, 0.6) is 0 Å². The largest absolute Gasteiger partial charge is 0.298 e. The van der Waals surface area contributed by atoms with E-state index in [4.69, 9.17) is 0 Å². The number of allylic oxidation sites excluding steroid dienone is 1. The third kappa shape index (κ3) is 4.24. The Hall–Kier alpha value is -2.36. The predicted molar refractivity (Wildman–Crippen MR) is 102 cm³/mol. The van der Waals surface area contributed by atoms with Gasteiger partial charge in [0.2, 0.25) is 0 Å². The number of nitrogens with zero attached hydrogens (tertiary/aromatic N) is 1. The summed E-state index contributed by atoms with van der Waals surface area (Å²) in [5.74, 6) is -2.85. The van der Waals surface area contributed by atoms with E-state index in [0.717, 1.165) is 52.3 Å². The molecule has 1 aromatic carbocycles. The predicted octanol–water partition coefficient (Wildman–Crippen LogP) is 5.89. The number of aromatic nitrogens is 1. The fourth-order valence-corrected chi connectivity index (χ4v) is 3.20. The standard InChI is InChI=1S/C22H25F2NO/c1-13(8-21-16(4)18(12-26)11-25-17(21)5)7-20-14(2)9-19(10-15(20)3)22(6,23)24/h7,9-12H,8H2,1-6H3/b13-7+. The SMILES string of the molecule is C/C(=C\c1c(C)cc(C(C)(F)F)cc1C)Cc1c(C)ncc(C=O)c1C. The number of halogens is 2. The van der Waals surface area contributed by atoms with Gasteiger partial charge in [0.25, 0.3) is 5.92 Å². The molecule has 0 N–H and O–H groups in total. The van der Waals surface area contributed by atoms with E-state index in [0.29, 0.717) is 12.0 Å². The summed E-state index contributed by atoms with van der Waals surface area (Å²) < 4.78 is 27.2. The highest BCUT2D eigenvalue weighted by Crippen LogP contribution is 2.31. The molecular formula is C22H25F2NO. The highest BCUT2D eigenvalue weighted by atomic mass is 19.3. The van der Waals surface area contributed by atoms with Crippen molar-refractivity contribution in [3.05, 3.63) is 68.5 Å². The van der Waals surface area contributed by atoms with Crippen molar-refractivity contribution in [1.29, 1.82) is 0 Å². The van der Waals surface area contributed by atoms with Crippen LogP contribution in [0.1, 0.15) is 63.3 Å². The van der Waals surface area contributed by atoms with E-state index in [1.54, 1.807) is 18.3 Å². The maximum atomic E-state index is 13.6. The topological polar surface area (TPSA) is 30.0 Å². The van der Waals surface area contributed by atoms with Gasteiger partial charge in [-0.25, -0.2) is 8.78 Å². The summed E-state index contributed by atoms with van der Waals surface area (Å²) in [4.78, 5) is 15.5. The normalized spacial score (nSPS) is 12.4. The number of hydrogen-bond donors (Lipinski definition) is 0.